The van der Waals surface area contributed by atoms with Gasteiger partial charge in [0.05, 0.1) is 13.5 Å². The molecule has 5 heteroatoms. The van der Waals surface area contributed by atoms with E-state index in [1.54, 1.807) is 0 Å². The predicted molar refractivity (Wildman–Crippen MR) is 50.9 cm³/mol. The molecule has 0 spiro atoms. The van der Waals surface area contributed by atoms with Gasteiger partial charge in [0.1, 0.15) is 5.82 Å². The molecule has 0 aliphatic heterocycles. The lowest BCUT2D eigenvalue weighted by atomic mass is 10.1. The SMILES string of the molecule is COC(=O)Cc1c(N)cc(N)cc1F. The number of carbonyl (C=O) groups is 1. The van der Waals surface area contributed by atoms with Crippen molar-refractivity contribution in [2.75, 3.05) is 18.6 Å². The second-order valence-corrected chi connectivity index (χ2v) is 2.82. The van der Waals surface area contributed by atoms with Crippen molar-refractivity contribution in [3.05, 3.63) is 23.5 Å². The van der Waals surface area contributed by atoms with E-state index in [-0.39, 0.29) is 23.4 Å². The summed E-state index contributed by atoms with van der Waals surface area (Å²) in [4.78, 5) is 10.9. The average molecular weight is 198 g/mol. The molecule has 14 heavy (non-hydrogen) atoms. The number of hydrogen-bond acceptors (Lipinski definition) is 4. The van der Waals surface area contributed by atoms with Crippen molar-refractivity contribution in [3.63, 3.8) is 0 Å². The van der Waals surface area contributed by atoms with Gasteiger partial charge < -0.3 is 16.2 Å². The summed E-state index contributed by atoms with van der Waals surface area (Å²) >= 11 is 0. The molecule has 1 aromatic rings. The normalized spacial score (nSPS) is 9.86. The number of anilines is 2. The number of hydrogen-bond donors (Lipinski definition) is 2. The van der Waals surface area contributed by atoms with Crippen molar-refractivity contribution in [2.45, 2.75) is 6.42 Å². The van der Waals surface area contributed by atoms with Gasteiger partial charge in [-0.25, -0.2) is 4.39 Å². The van der Waals surface area contributed by atoms with E-state index in [1.807, 2.05) is 0 Å². The van der Waals surface area contributed by atoms with Gasteiger partial charge in [0.15, 0.2) is 0 Å². The number of ether oxygens (including phenoxy) is 1. The Morgan fingerprint density at radius 2 is 2.14 bits per heavy atom. The van der Waals surface area contributed by atoms with E-state index < -0.39 is 11.8 Å². The first-order valence-corrected chi connectivity index (χ1v) is 3.94. The smallest absolute Gasteiger partial charge is 0.310 e. The molecule has 0 radical (unpaired) electrons. The fraction of sp³-hybridized carbons (Fsp3) is 0.222. The van der Waals surface area contributed by atoms with E-state index in [0.29, 0.717) is 0 Å². The molecular weight excluding hydrogens is 187 g/mol. The number of rotatable bonds is 2. The molecule has 0 amide bonds. The van der Waals surface area contributed by atoms with Gasteiger partial charge in [0.2, 0.25) is 0 Å². The fourth-order valence-corrected chi connectivity index (χ4v) is 1.08. The van der Waals surface area contributed by atoms with Crippen LogP contribution in [0, 0.1) is 5.82 Å². The largest absolute Gasteiger partial charge is 0.469 e. The number of methoxy groups -OCH3 is 1. The third-order valence-corrected chi connectivity index (χ3v) is 1.80. The molecule has 0 aromatic heterocycles. The lowest BCUT2D eigenvalue weighted by Gasteiger charge is -2.06. The summed E-state index contributed by atoms with van der Waals surface area (Å²) in [5, 5.41) is 0. The Kier molecular flexibility index (Phi) is 2.91. The molecule has 0 saturated carbocycles. The summed E-state index contributed by atoms with van der Waals surface area (Å²) in [6, 6.07) is 2.52. The average Bonchev–Trinajstić information content (AvgIpc) is 2.10. The highest BCUT2D eigenvalue weighted by atomic mass is 19.1. The molecule has 4 N–H and O–H groups in total. The summed E-state index contributed by atoms with van der Waals surface area (Å²) in [5.74, 6) is -1.13. The molecule has 0 unspecified atom stereocenters. The third kappa shape index (κ3) is 2.12. The van der Waals surface area contributed by atoms with Crippen molar-refractivity contribution in [3.8, 4) is 0 Å². The molecule has 0 bridgehead atoms. The molecule has 0 aliphatic carbocycles. The maximum absolute atomic E-state index is 13.2. The molecule has 1 aromatic carbocycles. The zero-order chi connectivity index (χ0) is 10.7. The van der Waals surface area contributed by atoms with E-state index in [2.05, 4.69) is 4.74 Å². The van der Waals surface area contributed by atoms with E-state index in [4.69, 9.17) is 11.5 Å². The Bertz CT molecular complexity index is 343. The molecule has 0 fully saturated rings. The molecule has 0 saturated heterocycles. The van der Waals surface area contributed by atoms with Crippen LogP contribution in [0.25, 0.3) is 0 Å². The maximum atomic E-state index is 13.2. The summed E-state index contributed by atoms with van der Waals surface area (Å²) in [5.41, 5.74) is 11.4. The maximum Gasteiger partial charge on any atom is 0.310 e. The van der Waals surface area contributed by atoms with E-state index >= 15 is 0 Å². The van der Waals surface area contributed by atoms with Crippen LogP contribution in [0.4, 0.5) is 15.8 Å². The van der Waals surface area contributed by atoms with E-state index in [0.717, 1.165) is 6.07 Å². The van der Waals surface area contributed by atoms with Crippen LogP contribution >= 0.6 is 0 Å². The number of nitrogens with two attached hydrogens (primary N) is 2. The van der Waals surface area contributed by atoms with Crippen molar-refractivity contribution in [2.24, 2.45) is 0 Å². The number of esters is 1. The minimum Gasteiger partial charge on any atom is -0.469 e. The van der Waals surface area contributed by atoms with Crippen molar-refractivity contribution < 1.29 is 13.9 Å². The second-order valence-electron chi connectivity index (χ2n) is 2.82. The number of carbonyl (C=O) groups excluding carboxylic acids is 1. The van der Waals surface area contributed by atoms with E-state index in [1.165, 1.54) is 13.2 Å². The quantitative estimate of drug-likeness (QED) is 0.541. The van der Waals surface area contributed by atoms with Crippen molar-refractivity contribution in [1.82, 2.24) is 0 Å². The Labute approximate surface area is 80.6 Å². The number of nitrogen functional groups attached to an aromatic ring is 2. The lowest BCUT2D eigenvalue weighted by molar-refractivity contribution is -0.139. The standard InChI is InChI=1S/C9H11FN2O2/c1-14-9(13)4-6-7(10)2-5(11)3-8(6)12/h2-3H,4,11-12H2,1H3. The van der Waals surface area contributed by atoms with Crippen LogP contribution in [-0.2, 0) is 16.0 Å². The van der Waals surface area contributed by atoms with Crippen LogP contribution in [0.2, 0.25) is 0 Å². The first-order valence-electron chi connectivity index (χ1n) is 3.94. The molecule has 76 valence electrons. The Morgan fingerprint density at radius 1 is 1.50 bits per heavy atom. The lowest BCUT2D eigenvalue weighted by Crippen LogP contribution is -2.09. The first kappa shape index (κ1) is 10.3. The molecule has 0 heterocycles. The van der Waals surface area contributed by atoms with Crippen LogP contribution in [0.5, 0.6) is 0 Å². The molecular formula is C9H11FN2O2. The monoisotopic (exact) mass is 198 g/mol. The zero-order valence-corrected chi connectivity index (χ0v) is 7.71. The first-order chi connectivity index (χ1) is 6.54. The summed E-state index contributed by atoms with van der Waals surface area (Å²) in [6.07, 6.45) is -0.186. The van der Waals surface area contributed by atoms with Crippen LogP contribution in [0.3, 0.4) is 0 Å². The highest BCUT2D eigenvalue weighted by Gasteiger charge is 2.12. The molecule has 0 aliphatic rings. The summed E-state index contributed by atoms with van der Waals surface area (Å²) in [6.45, 7) is 0. The van der Waals surface area contributed by atoms with Crippen LogP contribution in [-0.4, -0.2) is 13.1 Å². The minimum absolute atomic E-state index is 0.117. The van der Waals surface area contributed by atoms with Crippen LogP contribution in [0.15, 0.2) is 12.1 Å². The van der Waals surface area contributed by atoms with Gasteiger partial charge in [0.25, 0.3) is 0 Å². The van der Waals surface area contributed by atoms with Gasteiger partial charge in [-0.15, -0.1) is 0 Å². The van der Waals surface area contributed by atoms with Gasteiger partial charge in [-0.3, -0.25) is 4.79 Å². The van der Waals surface area contributed by atoms with Gasteiger partial charge in [-0.05, 0) is 12.1 Å². The fourth-order valence-electron chi connectivity index (χ4n) is 1.08. The topological polar surface area (TPSA) is 78.3 Å². The predicted octanol–water partition coefficient (Wildman–Crippen LogP) is 0.706. The zero-order valence-electron chi connectivity index (χ0n) is 7.71. The molecule has 0 atom stereocenters. The van der Waals surface area contributed by atoms with E-state index in [9.17, 15) is 9.18 Å². The van der Waals surface area contributed by atoms with Crippen LogP contribution < -0.4 is 11.5 Å². The highest BCUT2D eigenvalue weighted by Crippen LogP contribution is 2.20. The van der Waals surface area contributed by atoms with Crippen molar-refractivity contribution >= 4 is 17.3 Å². The van der Waals surface area contributed by atoms with Crippen molar-refractivity contribution in [1.29, 1.82) is 0 Å². The number of benzene rings is 1. The molecule has 4 nitrogen and oxygen atoms in total. The van der Waals surface area contributed by atoms with Gasteiger partial charge in [-0.2, -0.15) is 0 Å². The third-order valence-electron chi connectivity index (χ3n) is 1.80. The summed E-state index contributed by atoms with van der Waals surface area (Å²) < 4.78 is 17.6. The number of halogens is 1. The van der Waals surface area contributed by atoms with Gasteiger partial charge >= 0.3 is 5.97 Å². The minimum atomic E-state index is -0.590. The highest BCUT2D eigenvalue weighted by molar-refractivity contribution is 5.75. The summed E-state index contributed by atoms with van der Waals surface area (Å²) in [7, 11) is 1.23. The Morgan fingerprint density at radius 3 is 2.64 bits per heavy atom. The van der Waals surface area contributed by atoms with Crippen LogP contribution in [0.1, 0.15) is 5.56 Å². The van der Waals surface area contributed by atoms with Gasteiger partial charge in [0, 0.05) is 16.9 Å². The Hall–Kier alpha value is -1.78. The molecule has 1 rings (SSSR count). The Balaban J connectivity index is 3.02. The second kappa shape index (κ2) is 3.95. The van der Waals surface area contributed by atoms with Gasteiger partial charge in [-0.1, -0.05) is 0 Å².